The molecule has 0 aliphatic rings. The van der Waals surface area contributed by atoms with E-state index in [1.54, 1.807) is 0 Å². The molecule has 0 radical (unpaired) electrons. The fourth-order valence-electron chi connectivity index (χ4n) is 2.02. The first-order valence-corrected chi connectivity index (χ1v) is 7.31. The summed E-state index contributed by atoms with van der Waals surface area (Å²) in [5, 5.41) is 2.95. The fraction of sp³-hybridized carbons (Fsp3) is 0.562. The number of hydrogen-bond donors (Lipinski definition) is 2. The number of nitrogens with zero attached hydrogens (tertiary/aromatic N) is 1. The SMILES string of the molecule is CC(CN)CC(=O)NCCCN(C)Cc1ccccc1. The minimum atomic E-state index is 0.105. The Bertz CT molecular complexity index is 381. The number of amides is 1. The maximum Gasteiger partial charge on any atom is 0.220 e. The monoisotopic (exact) mass is 277 g/mol. The zero-order valence-electron chi connectivity index (χ0n) is 12.6. The van der Waals surface area contributed by atoms with Crippen molar-refractivity contribution in [1.29, 1.82) is 0 Å². The highest BCUT2D eigenvalue weighted by atomic mass is 16.1. The van der Waals surface area contributed by atoms with Crippen LogP contribution in [0.1, 0.15) is 25.3 Å². The molecule has 0 heterocycles. The fourth-order valence-corrected chi connectivity index (χ4v) is 2.02. The number of rotatable bonds is 9. The van der Waals surface area contributed by atoms with Crippen LogP contribution in [0.5, 0.6) is 0 Å². The van der Waals surface area contributed by atoms with Gasteiger partial charge in [0.15, 0.2) is 0 Å². The van der Waals surface area contributed by atoms with Crippen LogP contribution in [-0.2, 0) is 11.3 Å². The standard InChI is InChI=1S/C16H27N3O/c1-14(12-17)11-16(20)18-9-6-10-19(2)13-15-7-4-3-5-8-15/h3-5,7-8,14H,6,9-13,17H2,1-2H3,(H,18,20). The molecule has 1 unspecified atom stereocenters. The molecule has 0 spiro atoms. The lowest BCUT2D eigenvalue weighted by molar-refractivity contribution is -0.121. The van der Waals surface area contributed by atoms with Crippen molar-refractivity contribution in [3.8, 4) is 0 Å². The molecule has 0 bridgehead atoms. The molecule has 0 aliphatic carbocycles. The minimum Gasteiger partial charge on any atom is -0.356 e. The summed E-state index contributed by atoms with van der Waals surface area (Å²) in [5.74, 6) is 0.365. The van der Waals surface area contributed by atoms with E-state index < -0.39 is 0 Å². The van der Waals surface area contributed by atoms with E-state index in [4.69, 9.17) is 5.73 Å². The summed E-state index contributed by atoms with van der Waals surface area (Å²) < 4.78 is 0. The summed E-state index contributed by atoms with van der Waals surface area (Å²) in [6.07, 6.45) is 1.49. The Labute approximate surface area is 122 Å². The molecule has 0 aliphatic heterocycles. The highest BCUT2D eigenvalue weighted by Gasteiger charge is 2.06. The largest absolute Gasteiger partial charge is 0.356 e. The Morgan fingerprint density at radius 3 is 2.70 bits per heavy atom. The first-order chi connectivity index (χ1) is 9.61. The summed E-state index contributed by atoms with van der Waals surface area (Å²) in [7, 11) is 2.10. The van der Waals surface area contributed by atoms with Gasteiger partial charge in [0, 0.05) is 19.5 Å². The van der Waals surface area contributed by atoms with E-state index in [1.807, 2.05) is 13.0 Å². The molecule has 0 fully saturated rings. The van der Waals surface area contributed by atoms with Gasteiger partial charge in [-0.25, -0.2) is 0 Å². The van der Waals surface area contributed by atoms with Crippen LogP contribution in [-0.4, -0.2) is 37.5 Å². The third-order valence-corrected chi connectivity index (χ3v) is 3.27. The number of benzene rings is 1. The first kappa shape index (κ1) is 16.7. The Kier molecular flexibility index (Phi) is 7.92. The third kappa shape index (κ3) is 7.26. The van der Waals surface area contributed by atoms with Gasteiger partial charge in [0.05, 0.1) is 0 Å². The highest BCUT2D eigenvalue weighted by molar-refractivity contribution is 5.76. The number of hydrogen-bond acceptors (Lipinski definition) is 3. The summed E-state index contributed by atoms with van der Waals surface area (Å²) in [5.41, 5.74) is 6.82. The van der Waals surface area contributed by atoms with Gasteiger partial charge >= 0.3 is 0 Å². The molecule has 1 aromatic rings. The molecular formula is C16H27N3O. The lowest BCUT2D eigenvalue weighted by Gasteiger charge is -2.17. The van der Waals surface area contributed by atoms with Crippen LogP contribution >= 0.6 is 0 Å². The van der Waals surface area contributed by atoms with Crippen molar-refractivity contribution in [2.75, 3.05) is 26.7 Å². The van der Waals surface area contributed by atoms with Gasteiger partial charge in [0.25, 0.3) is 0 Å². The Morgan fingerprint density at radius 1 is 1.35 bits per heavy atom. The molecule has 1 atom stereocenters. The molecule has 1 amide bonds. The van der Waals surface area contributed by atoms with Crippen LogP contribution in [0, 0.1) is 5.92 Å². The smallest absolute Gasteiger partial charge is 0.220 e. The molecule has 1 rings (SSSR count). The molecule has 112 valence electrons. The quantitative estimate of drug-likeness (QED) is 0.674. The van der Waals surface area contributed by atoms with Gasteiger partial charge in [-0.3, -0.25) is 4.79 Å². The first-order valence-electron chi connectivity index (χ1n) is 7.31. The van der Waals surface area contributed by atoms with Crippen molar-refractivity contribution in [3.05, 3.63) is 35.9 Å². The molecule has 0 saturated carbocycles. The van der Waals surface area contributed by atoms with Gasteiger partial charge in [0.1, 0.15) is 0 Å². The predicted octanol–water partition coefficient (Wildman–Crippen LogP) is 1.61. The summed E-state index contributed by atoms with van der Waals surface area (Å²) >= 11 is 0. The summed E-state index contributed by atoms with van der Waals surface area (Å²) in [4.78, 5) is 13.8. The van der Waals surface area contributed by atoms with Crippen molar-refractivity contribution in [2.45, 2.75) is 26.3 Å². The molecule has 0 aromatic heterocycles. The second kappa shape index (κ2) is 9.50. The van der Waals surface area contributed by atoms with E-state index in [0.29, 0.717) is 13.0 Å². The number of carbonyl (C=O) groups excluding carboxylic acids is 1. The minimum absolute atomic E-state index is 0.105. The van der Waals surface area contributed by atoms with E-state index in [9.17, 15) is 4.79 Å². The molecule has 1 aromatic carbocycles. The number of nitrogens with one attached hydrogen (secondary N) is 1. The van der Waals surface area contributed by atoms with Crippen LogP contribution in [0.2, 0.25) is 0 Å². The van der Waals surface area contributed by atoms with Crippen molar-refractivity contribution >= 4 is 5.91 Å². The topological polar surface area (TPSA) is 58.4 Å². The molecule has 4 heteroatoms. The second-order valence-electron chi connectivity index (χ2n) is 5.47. The maximum atomic E-state index is 11.6. The highest BCUT2D eigenvalue weighted by Crippen LogP contribution is 2.03. The van der Waals surface area contributed by atoms with Gasteiger partial charge in [0.2, 0.25) is 5.91 Å². The van der Waals surface area contributed by atoms with Gasteiger partial charge in [-0.05, 0) is 38.0 Å². The zero-order valence-corrected chi connectivity index (χ0v) is 12.6. The molecule has 20 heavy (non-hydrogen) atoms. The van der Waals surface area contributed by atoms with E-state index in [2.05, 4.69) is 41.5 Å². The van der Waals surface area contributed by atoms with Crippen molar-refractivity contribution in [3.63, 3.8) is 0 Å². The van der Waals surface area contributed by atoms with Gasteiger partial charge < -0.3 is 16.0 Å². The Hall–Kier alpha value is -1.39. The zero-order chi connectivity index (χ0) is 14.8. The lowest BCUT2D eigenvalue weighted by atomic mass is 10.1. The van der Waals surface area contributed by atoms with Gasteiger partial charge in [-0.2, -0.15) is 0 Å². The Morgan fingerprint density at radius 2 is 2.05 bits per heavy atom. The predicted molar refractivity (Wildman–Crippen MR) is 83.2 cm³/mol. The molecular weight excluding hydrogens is 250 g/mol. The van der Waals surface area contributed by atoms with E-state index >= 15 is 0 Å². The molecule has 3 N–H and O–H groups in total. The molecule has 4 nitrogen and oxygen atoms in total. The number of carbonyl (C=O) groups is 1. The van der Waals surface area contributed by atoms with E-state index in [1.165, 1.54) is 5.56 Å². The molecule has 0 saturated heterocycles. The summed E-state index contributed by atoms with van der Waals surface area (Å²) in [6, 6.07) is 10.4. The van der Waals surface area contributed by atoms with Crippen LogP contribution in [0.25, 0.3) is 0 Å². The Balaban J connectivity index is 2.10. The van der Waals surface area contributed by atoms with Crippen LogP contribution in [0.4, 0.5) is 0 Å². The van der Waals surface area contributed by atoms with Crippen molar-refractivity contribution in [2.24, 2.45) is 11.7 Å². The van der Waals surface area contributed by atoms with Crippen LogP contribution in [0.15, 0.2) is 30.3 Å². The normalized spacial score (nSPS) is 12.4. The van der Waals surface area contributed by atoms with E-state index in [-0.39, 0.29) is 11.8 Å². The van der Waals surface area contributed by atoms with Crippen molar-refractivity contribution in [1.82, 2.24) is 10.2 Å². The van der Waals surface area contributed by atoms with Crippen LogP contribution in [0.3, 0.4) is 0 Å². The van der Waals surface area contributed by atoms with Gasteiger partial charge in [-0.1, -0.05) is 37.3 Å². The third-order valence-electron chi connectivity index (χ3n) is 3.27. The van der Waals surface area contributed by atoms with Crippen LogP contribution < -0.4 is 11.1 Å². The average molecular weight is 277 g/mol. The maximum absolute atomic E-state index is 11.6. The number of nitrogens with two attached hydrogens (primary N) is 1. The lowest BCUT2D eigenvalue weighted by Crippen LogP contribution is -2.30. The summed E-state index contributed by atoms with van der Waals surface area (Å²) in [6.45, 7) is 5.20. The van der Waals surface area contributed by atoms with Gasteiger partial charge in [-0.15, -0.1) is 0 Å². The average Bonchev–Trinajstić information content (AvgIpc) is 2.44. The van der Waals surface area contributed by atoms with Crippen molar-refractivity contribution < 1.29 is 4.79 Å². The second-order valence-corrected chi connectivity index (χ2v) is 5.47. The van der Waals surface area contributed by atoms with E-state index in [0.717, 1.165) is 26.1 Å².